The third kappa shape index (κ3) is 4.60. The number of rotatable bonds is 4. The maximum Gasteiger partial charge on any atom is 0.433 e. The molecule has 1 aliphatic heterocycles. The molecule has 1 aromatic heterocycles. The zero-order valence-electron chi connectivity index (χ0n) is 18.7. The van der Waals surface area contributed by atoms with E-state index in [-0.39, 0.29) is 40.1 Å². The first-order valence-electron chi connectivity index (χ1n) is 11.3. The molecular weight excluding hydrogens is 497 g/mol. The summed E-state index contributed by atoms with van der Waals surface area (Å²) < 4.78 is 40.4. The van der Waals surface area contributed by atoms with Crippen LogP contribution in [0.4, 0.5) is 24.5 Å². The number of carbonyl (C=O) groups is 3. The van der Waals surface area contributed by atoms with Crippen LogP contribution in [0.15, 0.2) is 42.5 Å². The van der Waals surface area contributed by atoms with Gasteiger partial charge in [0.25, 0.3) is 17.6 Å². The fourth-order valence-corrected chi connectivity index (χ4v) is 4.93. The van der Waals surface area contributed by atoms with Crippen molar-refractivity contribution in [3.05, 3.63) is 64.3 Å². The van der Waals surface area contributed by atoms with Crippen LogP contribution in [0, 0.1) is 0 Å². The number of nitrogens with one attached hydrogen (secondary N) is 3. The first kappa shape index (κ1) is 24.1. The number of Topliss-reactive ketones (excluding diaryl/α,β-unsaturated/α-hetero) is 1. The Hall–Kier alpha value is -3.66. The fraction of sp³-hybridized carbons (Fsp3) is 0.280. The van der Waals surface area contributed by atoms with Crippen molar-refractivity contribution in [1.82, 2.24) is 10.3 Å². The van der Waals surface area contributed by atoms with Crippen LogP contribution in [0.25, 0.3) is 10.9 Å². The molecule has 186 valence electrons. The molecule has 36 heavy (non-hydrogen) atoms. The monoisotopic (exact) mass is 516 g/mol. The van der Waals surface area contributed by atoms with E-state index in [9.17, 15) is 27.6 Å². The molecule has 0 unspecified atom stereocenters. The second-order valence-corrected chi connectivity index (χ2v) is 9.34. The molecule has 2 atom stereocenters. The molecule has 0 saturated heterocycles. The topological polar surface area (TPSA) is 100 Å². The Kier molecular flexibility index (Phi) is 6.07. The third-order valence-corrected chi connectivity index (χ3v) is 6.66. The van der Waals surface area contributed by atoms with Gasteiger partial charge in [0.15, 0.2) is 0 Å². The molecule has 11 heteroatoms. The van der Waals surface area contributed by atoms with Crippen molar-refractivity contribution in [3.8, 4) is 0 Å². The fourth-order valence-electron chi connectivity index (χ4n) is 4.76. The number of hydrogen-bond donors (Lipinski definition) is 3. The van der Waals surface area contributed by atoms with Crippen molar-refractivity contribution in [3.63, 3.8) is 0 Å². The number of aromatic nitrogens is 1. The van der Waals surface area contributed by atoms with E-state index in [2.05, 4.69) is 20.9 Å². The number of halogens is 4. The summed E-state index contributed by atoms with van der Waals surface area (Å²) in [4.78, 5) is 40.4. The largest absolute Gasteiger partial charge is 0.433 e. The van der Waals surface area contributed by atoms with Gasteiger partial charge in [-0.3, -0.25) is 14.4 Å². The predicted molar refractivity (Wildman–Crippen MR) is 128 cm³/mol. The lowest BCUT2D eigenvalue weighted by molar-refractivity contribution is -0.140. The number of hydrogen-bond acceptors (Lipinski definition) is 5. The molecule has 1 aliphatic carbocycles. The number of nitrogens with zero attached hydrogens (tertiary/aromatic N) is 1. The van der Waals surface area contributed by atoms with Gasteiger partial charge in [-0.1, -0.05) is 17.7 Å². The van der Waals surface area contributed by atoms with Crippen LogP contribution in [0.2, 0.25) is 5.02 Å². The van der Waals surface area contributed by atoms with Gasteiger partial charge in [0.05, 0.1) is 22.3 Å². The number of alkyl halides is 3. The molecule has 2 heterocycles. The Morgan fingerprint density at radius 2 is 1.86 bits per heavy atom. The van der Waals surface area contributed by atoms with Gasteiger partial charge in [-0.25, -0.2) is 4.98 Å². The van der Waals surface area contributed by atoms with Crippen LogP contribution in [-0.2, 0) is 11.0 Å². The maximum atomic E-state index is 13.5. The standard InChI is InChI=1S/C25H20ClF3N4O3/c26-12-7-8-18-17(9-12)19(11-20(32-18)25(27,28)29)30-13-3-1-4-14(10-13)31-23(35)16-6-2-5-15-21(16)33-24(36)22(15)34/h2,5-9,11,13-14H,1,3-4,10H2,(H,30,32)(H,31,35)(H,33,34,36)/t13-,14+/m0/s1. The van der Waals surface area contributed by atoms with Crippen LogP contribution in [-0.4, -0.2) is 34.7 Å². The molecule has 3 aromatic rings. The number of para-hydroxylation sites is 1. The summed E-state index contributed by atoms with van der Waals surface area (Å²) in [5.41, 5.74) is -0.0305. The van der Waals surface area contributed by atoms with Crippen LogP contribution in [0.3, 0.4) is 0 Å². The molecule has 2 amide bonds. The summed E-state index contributed by atoms with van der Waals surface area (Å²) >= 11 is 6.09. The van der Waals surface area contributed by atoms with Crippen molar-refractivity contribution < 1.29 is 27.6 Å². The summed E-state index contributed by atoms with van der Waals surface area (Å²) in [6.45, 7) is 0. The summed E-state index contributed by atoms with van der Waals surface area (Å²) in [6, 6.07) is 9.56. The quantitative estimate of drug-likeness (QED) is 0.414. The number of ketones is 1. The van der Waals surface area contributed by atoms with Crippen LogP contribution >= 0.6 is 11.6 Å². The lowest BCUT2D eigenvalue weighted by Gasteiger charge is -2.31. The zero-order valence-corrected chi connectivity index (χ0v) is 19.5. The number of pyridine rings is 1. The first-order chi connectivity index (χ1) is 17.1. The number of benzene rings is 2. The van der Waals surface area contributed by atoms with E-state index in [0.29, 0.717) is 29.7 Å². The SMILES string of the molecule is O=C1Nc2c(C(=O)N[C@@H]3CCC[C@H](Nc4cc(C(F)(F)F)nc5ccc(Cl)cc45)C3)cccc2C1=O. The van der Waals surface area contributed by atoms with Crippen molar-refractivity contribution in [2.45, 2.75) is 43.9 Å². The van der Waals surface area contributed by atoms with Crippen molar-refractivity contribution in [2.75, 3.05) is 10.6 Å². The predicted octanol–water partition coefficient (Wildman–Crippen LogP) is 5.19. The second kappa shape index (κ2) is 9.09. The minimum atomic E-state index is -4.61. The highest BCUT2D eigenvalue weighted by molar-refractivity contribution is 6.52. The molecule has 1 fully saturated rings. The number of amides is 2. The van der Waals surface area contributed by atoms with Crippen LogP contribution < -0.4 is 16.0 Å². The Labute approximate surface area is 208 Å². The smallest absolute Gasteiger partial charge is 0.382 e. The summed E-state index contributed by atoms with van der Waals surface area (Å²) in [5.74, 6) is -1.91. The van der Waals surface area contributed by atoms with Gasteiger partial charge in [0.2, 0.25) is 0 Å². The minimum absolute atomic E-state index is 0.152. The van der Waals surface area contributed by atoms with Gasteiger partial charge < -0.3 is 16.0 Å². The third-order valence-electron chi connectivity index (χ3n) is 6.43. The lowest BCUT2D eigenvalue weighted by atomic mass is 9.90. The average Bonchev–Trinajstić information content (AvgIpc) is 3.12. The molecule has 1 saturated carbocycles. The summed E-state index contributed by atoms with van der Waals surface area (Å²) in [6.07, 6.45) is -2.02. The molecule has 0 bridgehead atoms. The van der Waals surface area contributed by atoms with Gasteiger partial charge in [-0.2, -0.15) is 13.2 Å². The first-order valence-corrected chi connectivity index (χ1v) is 11.7. The molecule has 0 spiro atoms. The molecule has 0 radical (unpaired) electrons. The van der Waals surface area contributed by atoms with E-state index in [1.165, 1.54) is 30.3 Å². The normalized spacial score (nSPS) is 19.7. The summed E-state index contributed by atoms with van der Waals surface area (Å²) in [5, 5.41) is 9.44. The highest BCUT2D eigenvalue weighted by Gasteiger charge is 2.35. The van der Waals surface area contributed by atoms with Gasteiger partial charge in [-0.05, 0) is 62.1 Å². The van der Waals surface area contributed by atoms with E-state index >= 15 is 0 Å². The van der Waals surface area contributed by atoms with Gasteiger partial charge in [-0.15, -0.1) is 0 Å². The van der Waals surface area contributed by atoms with E-state index < -0.39 is 29.5 Å². The van der Waals surface area contributed by atoms with Crippen LogP contribution in [0.1, 0.15) is 52.1 Å². The lowest BCUT2D eigenvalue weighted by Crippen LogP contribution is -2.42. The van der Waals surface area contributed by atoms with Crippen molar-refractivity contribution >= 4 is 51.5 Å². The molecular formula is C25H20ClF3N4O3. The Morgan fingerprint density at radius 3 is 2.64 bits per heavy atom. The van der Waals surface area contributed by atoms with Crippen LogP contribution in [0.5, 0.6) is 0 Å². The highest BCUT2D eigenvalue weighted by atomic mass is 35.5. The number of fused-ring (bicyclic) bond motifs is 2. The van der Waals surface area contributed by atoms with Crippen molar-refractivity contribution in [2.24, 2.45) is 0 Å². The second-order valence-electron chi connectivity index (χ2n) is 8.90. The van der Waals surface area contributed by atoms with Crippen molar-refractivity contribution in [1.29, 1.82) is 0 Å². The summed E-state index contributed by atoms with van der Waals surface area (Å²) in [7, 11) is 0. The number of carbonyl (C=O) groups excluding carboxylic acids is 3. The van der Waals surface area contributed by atoms with E-state index in [1.807, 2.05) is 0 Å². The minimum Gasteiger partial charge on any atom is -0.382 e. The molecule has 3 N–H and O–H groups in total. The highest BCUT2D eigenvalue weighted by Crippen LogP contribution is 2.35. The molecule has 5 rings (SSSR count). The average molecular weight is 517 g/mol. The Balaban J connectivity index is 1.35. The number of anilines is 2. The zero-order chi connectivity index (χ0) is 25.6. The van der Waals surface area contributed by atoms with E-state index in [1.54, 1.807) is 6.07 Å². The maximum absolute atomic E-state index is 13.5. The van der Waals surface area contributed by atoms with Gasteiger partial charge in [0, 0.05) is 28.2 Å². The Morgan fingerprint density at radius 1 is 1.08 bits per heavy atom. The van der Waals surface area contributed by atoms with E-state index in [0.717, 1.165) is 12.5 Å². The molecule has 2 aromatic carbocycles. The van der Waals surface area contributed by atoms with Gasteiger partial charge in [0.1, 0.15) is 5.69 Å². The Bertz CT molecular complexity index is 1410. The van der Waals surface area contributed by atoms with E-state index in [4.69, 9.17) is 11.6 Å². The van der Waals surface area contributed by atoms with Gasteiger partial charge >= 0.3 is 6.18 Å². The molecule has 2 aliphatic rings. The molecule has 7 nitrogen and oxygen atoms in total.